The molecule has 0 fully saturated rings. The minimum Gasteiger partial charge on any atom is -0.463 e. The van der Waals surface area contributed by atoms with Crippen molar-refractivity contribution >= 4 is 17.5 Å². The number of ketones is 2. The highest BCUT2D eigenvalue weighted by atomic mass is 16.5. The average Bonchev–Trinajstić information content (AvgIpc) is 3.28. The molecule has 6 heteroatoms. The lowest BCUT2D eigenvalue weighted by Crippen LogP contribution is -2.57. The highest BCUT2D eigenvalue weighted by Gasteiger charge is 2.49. The summed E-state index contributed by atoms with van der Waals surface area (Å²) in [5.41, 5.74) is -2.55. The van der Waals surface area contributed by atoms with E-state index in [1.807, 2.05) is 0 Å². The second-order valence-corrected chi connectivity index (χ2v) is 19.2. The Labute approximate surface area is 391 Å². The Morgan fingerprint density at radius 3 is 0.905 bits per heavy atom. The first-order chi connectivity index (χ1) is 30.8. The Kier molecular flexibility index (Phi) is 46.8. The summed E-state index contributed by atoms with van der Waals surface area (Å²) in [4.78, 5) is 39.7. The molecule has 6 nitrogen and oxygen atoms in total. The Hall–Kier alpha value is -1.79. The van der Waals surface area contributed by atoms with Crippen molar-refractivity contribution in [2.75, 3.05) is 6.61 Å². The molecule has 0 aromatic carbocycles. The van der Waals surface area contributed by atoms with Crippen molar-refractivity contribution in [3.05, 3.63) is 24.3 Å². The van der Waals surface area contributed by atoms with Gasteiger partial charge in [-0.15, -0.1) is 0 Å². The number of carbonyl (C=O) groups is 3. The van der Waals surface area contributed by atoms with Crippen molar-refractivity contribution in [2.45, 2.75) is 315 Å². The third kappa shape index (κ3) is 39.1. The molecule has 2 N–H and O–H groups in total. The van der Waals surface area contributed by atoms with Crippen LogP contribution in [0.4, 0.5) is 0 Å². The number of aliphatic hydroxyl groups excluding tert-OH is 1. The van der Waals surface area contributed by atoms with E-state index >= 15 is 0 Å². The molecule has 0 aromatic heterocycles. The quantitative estimate of drug-likeness (QED) is 0.0273. The molecule has 0 aliphatic carbocycles. The third-order valence-corrected chi connectivity index (χ3v) is 13.1. The summed E-state index contributed by atoms with van der Waals surface area (Å²) in [5, 5.41) is 22.8. The lowest BCUT2D eigenvalue weighted by atomic mass is 9.82. The van der Waals surface area contributed by atoms with Crippen LogP contribution >= 0.6 is 0 Å². The fourth-order valence-corrected chi connectivity index (χ4v) is 8.63. The van der Waals surface area contributed by atoms with Crippen LogP contribution in [-0.2, 0) is 19.1 Å². The largest absolute Gasteiger partial charge is 0.463 e. The van der Waals surface area contributed by atoms with Crippen molar-refractivity contribution < 1.29 is 29.3 Å². The molecular weight excluding hydrogens is 781 g/mol. The van der Waals surface area contributed by atoms with Crippen molar-refractivity contribution in [3.63, 3.8) is 0 Å². The molecule has 0 heterocycles. The van der Waals surface area contributed by atoms with E-state index in [2.05, 4.69) is 45.1 Å². The molecule has 1 unspecified atom stereocenters. The Morgan fingerprint density at radius 1 is 0.381 bits per heavy atom. The molecule has 0 radical (unpaired) electrons. The minimum atomic E-state index is -2.55. The van der Waals surface area contributed by atoms with Gasteiger partial charge in [0.15, 0.2) is 11.6 Å². The van der Waals surface area contributed by atoms with Crippen LogP contribution in [-0.4, -0.2) is 46.1 Å². The van der Waals surface area contributed by atoms with Crippen LogP contribution in [0.3, 0.4) is 0 Å². The number of rotatable bonds is 51. The normalized spacial score (nSPS) is 12.5. The monoisotopic (exact) mass is 887 g/mol. The van der Waals surface area contributed by atoms with E-state index in [1.165, 1.54) is 154 Å². The standard InChI is InChI=1S/C57H106O6/c1-4-7-10-13-16-19-22-25-28-31-34-37-40-43-46-49-53(58)57(62,54(59)50-47-44-41-38-35-32-29-26-23-20-17-14-11-8-5-2)55(60)52-63-56(61)51-48-45-42-39-36-33-30-27-24-21-18-15-12-9-6-3/h25-26,28-29,55,60,62H,4-24,27,30-52H2,1-3H3/b28-25-,29-26-. The number of hydrogen-bond donors (Lipinski definition) is 2. The molecule has 0 bridgehead atoms. The lowest BCUT2D eigenvalue weighted by Gasteiger charge is -2.30. The van der Waals surface area contributed by atoms with Gasteiger partial charge in [0.1, 0.15) is 12.7 Å². The molecule has 0 aliphatic heterocycles. The van der Waals surface area contributed by atoms with Gasteiger partial charge in [-0.25, -0.2) is 0 Å². The van der Waals surface area contributed by atoms with Crippen LogP contribution in [0.15, 0.2) is 24.3 Å². The van der Waals surface area contributed by atoms with Gasteiger partial charge >= 0.3 is 5.97 Å². The van der Waals surface area contributed by atoms with E-state index in [0.29, 0.717) is 19.3 Å². The molecule has 0 amide bonds. The van der Waals surface area contributed by atoms with Gasteiger partial charge in [0.05, 0.1) is 0 Å². The maximum Gasteiger partial charge on any atom is 0.305 e. The van der Waals surface area contributed by atoms with Gasteiger partial charge in [0, 0.05) is 19.3 Å². The Bertz CT molecular complexity index is 1010. The molecular formula is C57H106O6. The highest BCUT2D eigenvalue weighted by Crippen LogP contribution is 2.23. The summed E-state index contributed by atoms with van der Waals surface area (Å²) in [7, 11) is 0. The first kappa shape index (κ1) is 61.2. The topological polar surface area (TPSA) is 101 Å². The maximum atomic E-state index is 13.5. The number of allylic oxidation sites excluding steroid dienone is 4. The molecule has 0 rings (SSSR count). The molecule has 370 valence electrons. The summed E-state index contributed by atoms with van der Waals surface area (Å²) in [6, 6.07) is 0. The van der Waals surface area contributed by atoms with Crippen LogP contribution in [0.2, 0.25) is 0 Å². The summed E-state index contributed by atoms with van der Waals surface area (Å²) < 4.78 is 5.37. The van der Waals surface area contributed by atoms with E-state index in [4.69, 9.17) is 4.74 Å². The van der Waals surface area contributed by atoms with E-state index in [1.54, 1.807) is 0 Å². The van der Waals surface area contributed by atoms with Gasteiger partial charge < -0.3 is 14.9 Å². The van der Waals surface area contributed by atoms with Crippen molar-refractivity contribution in [1.82, 2.24) is 0 Å². The van der Waals surface area contributed by atoms with E-state index < -0.39 is 35.8 Å². The molecule has 0 aliphatic rings. The summed E-state index contributed by atoms with van der Waals surface area (Å²) in [6.07, 6.45) is 55.9. The fraction of sp³-hybridized carbons (Fsp3) is 0.877. The first-order valence-electron chi connectivity index (χ1n) is 27.8. The van der Waals surface area contributed by atoms with E-state index in [-0.39, 0.29) is 19.3 Å². The average molecular weight is 887 g/mol. The molecule has 0 spiro atoms. The SMILES string of the molecule is CCCCCCCC/C=C\CCCCCCCC(=O)C(O)(C(=O)CCCCCCC/C=C\CCCCCCCC)C(O)COC(=O)CCCCCCCCCCCCCCCCC. The second-order valence-electron chi connectivity index (χ2n) is 19.2. The molecule has 0 saturated carbocycles. The molecule has 63 heavy (non-hydrogen) atoms. The summed E-state index contributed by atoms with van der Waals surface area (Å²) in [5.74, 6) is -1.76. The smallest absolute Gasteiger partial charge is 0.305 e. The predicted molar refractivity (Wildman–Crippen MR) is 270 cm³/mol. The van der Waals surface area contributed by atoms with Crippen molar-refractivity contribution in [3.8, 4) is 0 Å². The number of Topliss-reactive ketones (excluding diaryl/α,β-unsaturated/α-hetero) is 2. The first-order valence-corrected chi connectivity index (χ1v) is 27.8. The van der Waals surface area contributed by atoms with E-state index in [0.717, 1.165) is 89.9 Å². The zero-order valence-corrected chi connectivity index (χ0v) is 42.2. The van der Waals surface area contributed by atoms with Gasteiger partial charge in [-0.2, -0.15) is 0 Å². The van der Waals surface area contributed by atoms with Gasteiger partial charge in [0.2, 0.25) is 5.60 Å². The van der Waals surface area contributed by atoms with Gasteiger partial charge in [-0.05, 0) is 70.6 Å². The van der Waals surface area contributed by atoms with Gasteiger partial charge in [-0.1, -0.05) is 238 Å². The lowest BCUT2D eigenvalue weighted by molar-refractivity contribution is -0.172. The number of aliphatic hydroxyl groups is 2. The molecule has 0 saturated heterocycles. The molecule has 0 aromatic rings. The molecule has 1 atom stereocenters. The Morgan fingerprint density at radius 2 is 0.619 bits per heavy atom. The van der Waals surface area contributed by atoms with Gasteiger partial charge in [-0.3, -0.25) is 14.4 Å². The Balaban J connectivity index is 4.64. The third-order valence-electron chi connectivity index (χ3n) is 13.1. The van der Waals surface area contributed by atoms with Crippen LogP contribution in [0.25, 0.3) is 0 Å². The maximum absolute atomic E-state index is 13.5. The fourth-order valence-electron chi connectivity index (χ4n) is 8.63. The zero-order chi connectivity index (χ0) is 46.2. The summed E-state index contributed by atoms with van der Waals surface area (Å²) in [6.45, 7) is 6.22. The van der Waals surface area contributed by atoms with E-state index in [9.17, 15) is 24.6 Å². The van der Waals surface area contributed by atoms with Crippen molar-refractivity contribution in [2.24, 2.45) is 0 Å². The van der Waals surface area contributed by atoms with Crippen molar-refractivity contribution in [1.29, 1.82) is 0 Å². The number of ether oxygens (including phenoxy) is 1. The van der Waals surface area contributed by atoms with Crippen LogP contribution < -0.4 is 0 Å². The minimum absolute atomic E-state index is 0.0247. The number of unbranched alkanes of at least 4 members (excludes halogenated alkanes) is 36. The second kappa shape index (κ2) is 48.2. The van der Waals surface area contributed by atoms with Crippen LogP contribution in [0, 0.1) is 0 Å². The number of esters is 1. The van der Waals surface area contributed by atoms with Crippen LogP contribution in [0.1, 0.15) is 303 Å². The van der Waals surface area contributed by atoms with Crippen LogP contribution in [0.5, 0.6) is 0 Å². The number of carbonyl (C=O) groups excluding carboxylic acids is 3. The number of hydrogen-bond acceptors (Lipinski definition) is 6. The highest BCUT2D eigenvalue weighted by molar-refractivity contribution is 6.10. The zero-order valence-electron chi connectivity index (χ0n) is 42.2. The summed E-state index contributed by atoms with van der Waals surface area (Å²) >= 11 is 0. The predicted octanol–water partition coefficient (Wildman–Crippen LogP) is 17.1. The van der Waals surface area contributed by atoms with Gasteiger partial charge in [0.25, 0.3) is 0 Å².